The van der Waals surface area contributed by atoms with Crippen molar-refractivity contribution < 1.29 is 0 Å². The van der Waals surface area contributed by atoms with Crippen molar-refractivity contribution in [1.29, 1.82) is 0 Å². The molecule has 2 nitrogen and oxygen atoms in total. The normalized spacial score (nSPS) is 23.0. The summed E-state index contributed by atoms with van der Waals surface area (Å²) in [6.07, 6.45) is 2.30. The quantitative estimate of drug-likeness (QED) is 0.876. The predicted octanol–water partition coefficient (Wildman–Crippen LogP) is 3.65. The highest BCUT2D eigenvalue weighted by molar-refractivity contribution is 8.14. The molecule has 2 rings (SSSR count). The van der Waals surface area contributed by atoms with Gasteiger partial charge in [-0.15, -0.1) is 0 Å². The maximum atomic E-state index is 4.66. The van der Waals surface area contributed by atoms with Crippen LogP contribution in [-0.4, -0.2) is 23.5 Å². The lowest BCUT2D eigenvalue weighted by molar-refractivity contribution is 0.660. The highest BCUT2D eigenvalue weighted by Crippen LogP contribution is 2.19. The van der Waals surface area contributed by atoms with E-state index >= 15 is 0 Å². The molecule has 0 aromatic heterocycles. The van der Waals surface area contributed by atoms with E-state index in [-0.39, 0.29) is 0 Å². The van der Waals surface area contributed by atoms with E-state index in [9.17, 15) is 0 Å². The fourth-order valence-corrected chi connectivity index (χ4v) is 3.17. The molecule has 1 heterocycles. The molecule has 3 heteroatoms. The van der Waals surface area contributed by atoms with Crippen molar-refractivity contribution in [2.45, 2.75) is 38.6 Å². The molecular formula is C15H22N2S. The Kier molecular flexibility index (Phi) is 5.12. The summed E-state index contributed by atoms with van der Waals surface area (Å²) in [5, 5.41) is 4.61. The van der Waals surface area contributed by atoms with E-state index in [1.165, 1.54) is 17.7 Å². The molecule has 2 unspecified atom stereocenters. The van der Waals surface area contributed by atoms with Crippen LogP contribution in [0.5, 0.6) is 0 Å². The van der Waals surface area contributed by atoms with E-state index < -0.39 is 0 Å². The maximum Gasteiger partial charge on any atom is 0.156 e. The molecule has 1 aliphatic heterocycles. The minimum Gasteiger partial charge on any atom is -0.361 e. The maximum absolute atomic E-state index is 4.66. The SMILES string of the molecule is CCC1CSC(=NCCC(C)c2ccccc2)N1. The van der Waals surface area contributed by atoms with E-state index in [2.05, 4.69) is 54.5 Å². The number of benzene rings is 1. The van der Waals surface area contributed by atoms with Crippen LogP contribution < -0.4 is 5.32 Å². The summed E-state index contributed by atoms with van der Waals surface area (Å²) in [4.78, 5) is 4.66. The third-order valence-corrected chi connectivity index (χ3v) is 4.52. The Morgan fingerprint density at radius 3 is 2.83 bits per heavy atom. The van der Waals surface area contributed by atoms with Crippen molar-refractivity contribution in [1.82, 2.24) is 5.32 Å². The van der Waals surface area contributed by atoms with Crippen LogP contribution in [0.3, 0.4) is 0 Å². The summed E-state index contributed by atoms with van der Waals surface area (Å²) in [6, 6.07) is 11.3. The fourth-order valence-electron chi connectivity index (χ4n) is 2.06. The monoisotopic (exact) mass is 262 g/mol. The Morgan fingerprint density at radius 2 is 2.17 bits per heavy atom. The minimum atomic E-state index is 0.587. The van der Waals surface area contributed by atoms with Gasteiger partial charge in [-0.3, -0.25) is 4.99 Å². The molecule has 0 bridgehead atoms. The van der Waals surface area contributed by atoms with Crippen molar-refractivity contribution in [2.24, 2.45) is 4.99 Å². The highest BCUT2D eigenvalue weighted by Gasteiger charge is 2.17. The number of hydrogen-bond acceptors (Lipinski definition) is 2. The molecule has 1 N–H and O–H groups in total. The molecule has 1 fully saturated rings. The van der Waals surface area contributed by atoms with Crippen LogP contribution in [0.25, 0.3) is 0 Å². The van der Waals surface area contributed by atoms with Crippen LogP contribution in [0, 0.1) is 0 Å². The second kappa shape index (κ2) is 6.83. The average molecular weight is 262 g/mol. The molecule has 0 spiro atoms. The molecule has 0 aliphatic carbocycles. The van der Waals surface area contributed by atoms with Gasteiger partial charge in [-0.2, -0.15) is 0 Å². The standard InChI is InChI=1S/C15H22N2S/c1-3-14-11-18-15(17-14)16-10-9-12(2)13-7-5-4-6-8-13/h4-8,12,14H,3,9-11H2,1-2H3,(H,16,17). The lowest BCUT2D eigenvalue weighted by Gasteiger charge is -2.10. The molecule has 0 radical (unpaired) electrons. The number of aliphatic imine (C=N–C) groups is 1. The molecule has 1 aliphatic rings. The van der Waals surface area contributed by atoms with Crippen molar-refractivity contribution in [3.63, 3.8) is 0 Å². The van der Waals surface area contributed by atoms with Crippen LogP contribution >= 0.6 is 11.8 Å². The van der Waals surface area contributed by atoms with Gasteiger partial charge < -0.3 is 5.32 Å². The zero-order chi connectivity index (χ0) is 12.8. The first-order chi connectivity index (χ1) is 8.79. The van der Waals surface area contributed by atoms with Gasteiger partial charge in [-0.25, -0.2) is 0 Å². The number of nitrogens with zero attached hydrogens (tertiary/aromatic N) is 1. The lowest BCUT2D eigenvalue weighted by atomic mass is 9.98. The first kappa shape index (κ1) is 13.5. The molecule has 18 heavy (non-hydrogen) atoms. The average Bonchev–Trinajstić information content (AvgIpc) is 2.87. The highest BCUT2D eigenvalue weighted by atomic mass is 32.2. The Balaban J connectivity index is 1.77. The van der Waals surface area contributed by atoms with Crippen LogP contribution in [0.15, 0.2) is 35.3 Å². The minimum absolute atomic E-state index is 0.587. The van der Waals surface area contributed by atoms with E-state index in [1.54, 1.807) is 0 Å². The number of thioether (sulfide) groups is 1. The number of nitrogens with one attached hydrogen (secondary N) is 1. The molecule has 0 amide bonds. The molecule has 0 saturated carbocycles. The van der Waals surface area contributed by atoms with Gasteiger partial charge in [0.05, 0.1) is 0 Å². The van der Waals surface area contributed by atoms with E-state index in [1.807, 2.05) is 11.8 Å². The number of rotatable bonds is 5. The lowest BCUT2D eigenvalue weighted by Crippen LogP contribution is -2.25. The van der Waals surface area contributed by atoms with Crippen molar-refractivity contribution in [3.05, 3.63) is 35.9 Å². The second-order valence-electron chi connectivity index (χ2n) is 4.85. The second-order valence-corrected chi connectivity index (χ2v) is 5.86. The largest absolute Gasteiger partial charge is 0.361 e. The Labute approximate surface area is 114 Å². The topological polar surface area (TPSA) is 24.4 Å². The molecule has 1 aromatic carbocycles. The summed E-state index contributed by atoms with van der Waals surface area (Å²) < 4.78 is 0. The van der Waals surface area contributed by atoms with Gasteiger partial charge in [0.1, 0.15) is 0 Å². The summed E-state index contributed by atoms with van der Waals surface area (Å²) in [6.45, 7) is 5.42. The van der Waals surface area contributed by atoms with Crippen LogP contribution in [0.4, 0.5) is 0 Å². The van der Waals surface area contributed by atoms with Crippen molar-refractivity contribution in [2.75, 3.05) is 12.3 Å². The third kappa shape index (κ3) is 3.77. The summed E-state index contributed by atoms with van der Waals surface area (Å²) in [5.74, 6) is 1.76. The van der Waals surface area contributed by atoms with E-state index in [0.717, 1.165) is 18.1 Å². The van der Waals surface area contributed by atoms with Gasteiger partial charge >= 0.3 is 0 Å². The number of amidine groups is 1. The van der Waals surface area contributed by atoms with Crippen molar-refractivity contribution >= 4 is 16.9 Å². The molecular weight excluding hydrogens is 240 g/mol. The van der Waals surface area contributed by atoms with Gasteiger partial charge in [0.15, 0.2) is 5.17 Å². The predicted molar refractivity (Wildman–Crippen MR) is 81.4 cm³/mol. The van der Waals surface area contributed by atoms with Gasteiger partial charge in [0, 0.05) is 18.3 Å². The molecule has 1 aromatic rings. The Bertz CT molecular complexity index is 389. The molecule has 1 saturated heterocycles. The van der Waals surface area contributed by atoms with Crippen LogP contribution in [-0.2, 0) is 0 Å². The summed E-state index contributed by atoms with van der Waals surface area (Å²) in [7, 11) is 0. The Morgan fingerprint density at radius 1 is 1.39 bits per heavy atom. The zero-order valence-electron chi connectivity index (χ0n) is 11.2. The third-order valence-electron chi connectivity index (χ3n) is 3.43. The number of hydrogen-bond donors (Lipinski definition) is 1. The van der Waals surface area contributed by atoms with Gasteiger partial charge in [-0.05, 0) is 24.3 Å². The Hall–Kier alpha value is -0.960. The summed E-state index contributed by atoms with van der Waals surface area (Å²) in [5.41, 5.74) is 1.41. The van der Waals surface area contributed by atoms with Crippen molar-refractivity contribution in [3.8, 4) is 0 Å². The van der Waals surface area contributed by atoms with Crippen LogP contribution in [0.1, 0.15) is 38.2 Å². The smallest absolute Gasteiger partial charge is 0.156 e. The van der Waals surface area contributed by atoms with Gasteiger partial charge in [0.25, 0.3) is 0 Å². The first-order valence-electron chi connectivity index (χ1n) is 6.78. The fraction of sp³-hybridized carbons (Fsp3) is 0.533. The van der Waals surface area contributed by atoms with Gasteiger partial charge in [-0.1, -0.05) is 55.9 Å². The molecule has 98 valence electrons. The zero-order valence-corrected chi connectivity index (χ0v) is 12.0. The van der Waals surface area contributed by atoms with E-state index in [4.69, 9.17) is 0 Å². The summed E-state index contributed by atoms with van der Waals surface area (Å²) >= 11 is 1.86. The first-order valence-corrected chi connectivity index (χ1v) is 7.77. The van der Waals surface area contributed by atoms with Crippen LogP contribution in [0.2, 0.25) is 0 Å². The van der Waals surface area contributed by atoms with Gasteiger partial charge in [0.2, 0.25) is 0 Å². The molecule has 2 atom stereocenters. The van der Waals surface area contributed by atoms with E-state index in [0.29, 0.717) is 12.0 Å².